The number of aromatic amines is 1. The van der Waals surface area contributed by atoms with Crippen molar-refractivity contribution < 1.29 is 9.90 Å². The fourth-order valence-electron chi connectivity index (χ4n) is 4.02. The largest absolute Gasteiger partial charge is 0.507 e. The molecule has 1 amide bonds. The number of hydrogen-bond acceptors (Lipinski definition) is 4. The number of aromatic nitrogens is 3. The molecule has 6 nitrogen and oxygen atoms in total. The lowest BCUT2D eigenvalue weighted by molar-refractivity contribution is 0.0730. The summed E-state index contributed by atoms with van der Waals surface area (Å²) < 4.78 is 0. The Kier molecular flexibility index (Phi) is 4.32. The summed E-state index contributed by atoms with van der Waals surface area (Å²) in [6.45, 7) is 2.48. The Bertz CT molecular complexity index is 1220. The van der Waals surface area contributed by atoms with Gasteiger partial charge in [-0.05, 0) is 42.3 Å². The van der Waals surface area contributed by atoms with Gasteiger partial charge in [-0.25, -0.2) is 0 Å². The van der Waals surface area contributed by atoms with E-state index in [0.29, 0.717) is 23.5 Å². The van der Waals surface area contributed by atoms with Gasteiger partial charge in [0, 0.05) is 30.1 Å². The van der Waals surface area contributed by atoms with Crippen LogP contribution in [0.25, 0.3) is 11.3 Å². The molecule has 2 aromatic carbocycles. The number of aromatic hydroxyl groups is 1. The first-order valence-electron chi connectivity index (χ1n) is 9.76. The predicted molar refractivity (Wildman–Crippen MR) is 113 cm³/mol. The Balaban J connectivity index is 1.67. The van der Waals surface area contributed by atoms with E-state index in [0.717, 1.165) is 22.3 Å². The first-order chi connectivity index (χ1) is 14.6. The van der Waals surface area contributed by atoms with Gasteiger partial charge in [-0.3, -0.25) is 14.9 Å². The molecule has 148 valence electrons. The van der Waals surface area contributed by atoms with Crippen LogP contribution in [-0.4, -0.2) is 31.1 Å². The molecule has 2 aromatic heterocycles. The zero-order chi connectivity index (χ0) is 20.7. The van der Waals surface area contributed by atoms with Crippen LogP contribution in [0.2, 0.25) is 0 Å². The average Bonchev–Trinajstić information content (AvgIpc) is 3.30. The van der Waals surface area contributed by atoms with Crippen LogP contribution in [0.4, 0.5) is 0 Å². The smallest absolute Gasteiger partial charge is 0.273 e. The van der Waals surface area contributed by atoms with Crippen molar-refractivity contribution in [3.8, 4) is 17.0 Å². The number of nitrogens with zero attached hydrogens (tertiary/aromatic N) is 3. The van der Waals surface area contributed by atoms with Crippen LogP contribution in [-0.2, 0) is 6.54 Å². The van der Waals surface area contributed by atoms with Crippen LogP contribution in [0.3, 0.4) is 0 Å². The van der Waals surface area contributed by atoms with E-state index in [2.05, 4.69) is 15.2 Å². The molecule has 0 bridgehead atoms. The summed E-state index contributed by atoms with van der Waals surface area (Å²) in [5.41, 5.74) is 5.60. The molecule has 0 fully saturated rings. The summed E-state index contributed by atoms with van der Waals surface area (Å²) in [5, 5.41) is 17.7. The van der Waals surface area contributed by atoms with Crippen molar-refractivity contribution in [2.45, 2.75) is 19.5 Å². The standard InChI is InChI=1S/C24H20N4O2/c1-15-6-8-17(9-7-15)23-20-21(18-4-2-3-5-19(18)29)26-27-22(20)24(30)28(23)14-16-10-12-25-13-11-16/h2-13,23,29H,14H2,1H3,(H,26,27)/t23-/m1/s1. The molecule has 4 aromatic rings. The molecule has 1 atom stereocenters. The molecular formula is C24H20N4O2. The Morgan fingerprint density at radius 1 is 1.03 bits per heavy atom. The minimum atomic E-state index is -0.311. The maximum absolute atomic E-state index is 13.4. The molecule has 0 saturated heterocycles. The first-order valence-corrected chi connectivity index (χ1v) is 9.76. The van der Waals surface area contributed by atoms with E-state index in [-0.39, 0.29) is 17.7 Å². The molecular weight excluding hydrogens is 376 g/mol. The summed E-state index contributed by atoms with van der Waals surface area (Å²) in [7, 11) is 0. The van der Waals surface area contributed by atoms with Crippen molar-refractivity contribution in [3.05, 3.63) is 101 Å². The molecule has 0 radical (unpaired) electrons. The van der Waals surface area contributed by atoms with Gasteiger partial charge < -0.3 is 10.0 Å². The second kappa shape index (κ2) is 7.15. The number of hydrogen-bond donors (Lipinski definition) is 2. The number of phenolic OH excluding ortho intramolecular Hbond substituents is 1. The number of phenols is 1. The van der Waals surface area contributed by atoms with E-state index < -0.39 is 0 Å². The Labute approximate surface area is 173 Å². The molecule has 2 N–H and O–H groups in total. The van der Waals surface area contributed by atoms with E-state index in [1.807, 2.05) is 60.4 Å². The van der Waals surface area contributed by atoms with Crippen LogP contribution in [0.1, 0.15) is 38.8 Å². The van der Waals surface area contributed by atoms with Gasteiger partial charge >= 0.3 is 0 Å². The topological polar surface area (TPSA) is 82.1 Å². The fourth-order valence-corrected chi connectivity index (χ4v) is 4.02. The highest BCUT2D eigenvalue weighted by Gasteiger charge is 2.42. The zero-order valence-electron chi connectivity index (χ0n) is 16.4. The van der Waals surface area contributed by atoms with Crippen molar-refractivity contribution in [1.82, 2.24) is 20.1 Å². The van der Waals surface area contributed by atoms with Crippen molar-refractivity contribution >= 4 is 5.91 Å². The Morgan fingerprint density at radius 3 is 2.50 bits per heavy atom. The number of rotatable bonds is 4. The second-order valence-corrected chi connectivity index (χ2v) is 7.48. The Morgan fingerprint density at radius 2 is 1.77 bits per heavy atom. The summed E-state index contributed by atoms with van der Waals surface area (Å²) in [4.78, 5) is 19.3. The van der Waals surface area contributed by atoms with Crippen LogP contribution < -0.4 is 0 Å². The third-order valence-electron chi connectivity index (χ3n) is 5.52. The molecule has 1 aliphatic rings. The minimum Gasteiger partial charge on any atom is -0.507 e. The lowest BCUT2D eigenvalue weighted by Crippen LogP contribution is -2.29. The minimum absolute atomic E-state index is 0.110. The molecule has 3 heterocycles. The first kappa shape index (κ1) is 18.1. The number of fused-ring (bicyclic) bond motifs is 1. The van der Waals surface area contributed by atoms with Crippen molar-refractivity contribution in [2.24, 2.45) is 0 Å². The lowest BCUT2D eigenvalue weighted by atomic mass is 9.95. The van der Waals surface area contributed by atoms with Gasteiger partial charge in [-0.15, -0.1) is 0 Å². The summed E-state index contributed by atoms with van der Waals surface area (Å²) >= 11 is 0. The van der Waals surface area contributed by atoms with E-state index >= 15 is 0 Å². The molecule has 0 saturated carbocycles. The van der Waals surface area contributed by atoms with Gasteiger partial charge in [0.15, 0.2) is 0 Å². The number of benzene rings is 2. The highest BCUT2D eigenvalue weighted by Crippen LogP contribution is 2.44. The van der Waals surface area contributed by atoms with Crippen molar-refractivity contribution in [2.75, 3.05) is 0 Å². The molecule has 6 heteroatoms. The number of H-pyrrole nitrogens is 1. The Hall–Kier alpha value is -3.93. The fraction of sp³-hybridized carbons (Fsp3) is 0.125. The third kappa shape index (κ3) is 2.93. The van der Waals surface area contributed by atoms with Crippen LogP contribution in [0.15, 0.2) is 73.1 Å². The quantitative estimate of drug-likeness (QED) is 0.541. The summed E-state index contributed by atoms with van der Waals surface area (Å²) in [5.74, 6) is 0.0241. The maximum Gasteiger partial charge on any atom is 0.273 e. The number of amides is 1. The van der Waals surface area contributed by atoms with E-state index in [4.69, 9.17) is 0 Å². The molecule has 30 heavy (non-hydrogen) atoms. The van der Waals surface area contributed by atoms with Gasteiger partial charge in [0.05, 0.1) is 6.04 Å². The highest BCUT2D eigenvalue weighted by atomic mass is 16.3. The van der Waals surface area contributed by atoms with Gasteiger partial charge in [0.25, 0.3) is 5.91 Å². The van der Waals surface area contributed by atoms with Crippen molar-refractivity contribution in [1.29, 1.82) is 0 Å². The van der Waals surface area contributed by atoms with Crippen LogP contribution >= 0.6 is 0 Å². The normalized spacial score (nSPS) is 15.4. The summed E-state index contributed by atoms with van der Waals surface area (Å²) in [6.07, 6.45) is 3.45. The zero-order valence-corrected chi connectivity index (χ0v) is 16.4. The van der Waals surface area contributed by atoms with Gasteiger partial charge in [0.1, 0.15) is 17.1 Å². The molecule has 1 aliphatic heterocycles. The second-order valence-electron chi connectivity index (χ2n) is 7.48. The number of carbonyl (C=O) groups is 1. The molecule has 5 rings (SSSR count). The molecule has 0 aliphatic carbocycles. The number of nitrogens with one attached hydrogen (secondary N) is 1. The van der Waals surface area contributed by atoms with Gasteiger partial charge in [-0.1, -0.05) is 42.0 Å². The summed E-state index contributed by atoms with van der Waals surface area (Å²) in [6, 6.07) is 18.7. The average molecular weight is 396 g/mol. The van der Waals surface area contributed by atoms with Gasteiger partial charge in [-0.2, -0.15) is 5.10 Å². The van der Waals surface area contributed by atoms with Crippen molar-refractivity contribution in [3.63, 3.8) is 0 Å². The van der Waals surface area contributed by atoms with Crippen LogP contribution in [0, 0.1) is 6.92 Å². The van der Waals surface area contributed by atoms with Crippen LogP contribution in [0.5, 0.6) is 5.75 Å². The maximum atomic E-state index is 13.4. The van der Waals surface area contributed by atoms with E-state index in [1.54, 1.807) is 24.5 Å². The predicted octanol–water partition coefficient (Wildman–Crippen LogP) is 4.23. The van der Waals surface area contributed by atoms with Gasteiger partial charge in [0.2, 0.25) is 0 Å². The SMILES string of the molecule is Cc1ccc([C@@H]2c3c(-c4ccccc4O)n[nH]c3C(=O)N2Cc2ccncc2)cc1. The highest BCUT2D eigenvalue weighted by molar-refractivity contribution is 6.00. The third-order valence-corrected chi connectivity index (χ3v) is 5.52. The molecule has 0 spiro atoms. The van der Waals surface area contributed by atoms with E-state index in [9.17, 15) is 9.90 Å². The number of para-hydroxylation sites is 1. The number of aryl methyl sites for hydroxylation is 1. The lowest BCUT2D eigenvalue weighted by Gasteiger charge is -2.26. The monoisotopic (exact) mass is 396 g/mol. The number of pyridine rings is 1. The number of carbonyl (C=O) groups excluding carboxylic acids is 1. The van der Waals surface area contributed by atoms with E-state index in [1.165, 1.54) is 0 Å². The molecule has 0 unspecified atom stereocenters.